The highest BCUT2D eigenvalue weighted by atomic mass is 19.2. The van der Waals surface area contributed by atoms with E-state index in [1.54, 1.807) is 61.5 Å². The fourth-order valence-corrected chi connectivity index (χ4v) is 4.87. The molecule has 0 fully saturated rings. The predicted octanol–water partition coefficient (Wildman–Crippen LogP) is 6.58. The number of aromatic nitrogens is 1. The van der Waals surface area contributed by atoms with E-state index in [0.29, 0.717) is 16.9 Å². The number of aliphatic hydroxyl groups is 1. The first-order chi connectivity index (χ1) is 22.2. The van der Waals surface area contributed by atoms with E-state index in [1.165, 1.54) is 18.3 Å². The van der Waals surface area contributed by atoms with Crippen LogP contribution in [0.3, 0.4) is 0 Å². The normalized spacial score (nSPS) is 12.9. The van der Waals surface area contributed by atoms with Gasteiger partial charge in [-0.25, -0.2) is 13.8 Å². The van der Waals surface area contributed by atoms with Gasteiger partial charge in [0, 0.05) is 17.4 Å². The zero-order valence-corrected chi connectivity index (χ0v) is 24.9. The van der Waals surface area contributed by atoms with Crippen LogP contribution in [0.25, 0.3) is 0 Å². The average molecular weight is 623 g/mol. The van der Waals surface area contributed by atoms with Gasteiger partial charge in [-0.05, 0) is 66.1 Å². The maximum atomic E-state index is 13.8. The number of pyridine rings is 1. The van der Waals surface area contributed by atoms with E-state index in [2.05, 4.69) is 15.6 Å². The minimum Gasteiger partial charge on any atom is -0.491 e. The quantitative estimate of drug-likeness (QED) is 0.0915. The number of ether oxygens (including phenoxy) is 1. The van der Waals surface area contributed by atoms with Crippen molar-refractivity contribution in [1.82, 2.24) is 10.3 Å². The van der Waals surface area contributed by atoms with Crippen molar-refractivity contribution in [2.24, 2.45) is 0 Å². The number of carbonyl (C=O) groups excluding carboxylic acids is 2. The maximum absolute atomic E-state index is 13.8. The Kier molecular flexibility index (Phi) is 9.99. The number of nitrogens with two attached hydrogens (primary N) is 1. The van der Waals surface area contributed by atoms with Crippen molar-refractivity contribution >= 4 is 23.2 Å². The Bertz CT molecular complexity index is 1820. The van der Waals surface area contributed by atoms with Crippen LogP contribution in [0.1, 0.15) is 62.5 Å². The number of nitrogens with zero attached hydrogens (tertiary/aromatic N) is 1. The molecule has 3 atom stereocenters. The second-order valence-corrected chi connectivity index (χ2v) is 10.6. The van der Waals surface area contributed by atoms with E-state index in [-0.39, 0.29) is 29.2 Å². The molecule has 0 aliphatic rings. The van der Waals surface area contributed by atoms with Crippen LogP contribution in [0.5, 0.6) is 5.75 Å². The van der Waals surface area contributed by atoms with Crippen LogP contribution in [-0.4, -0.2) is 28.4 Å². The molecule has 1 aromatic heterocycles. The lowest BCUT2D eigenvalue weighted by Gasteiger charge is -2.23. The summed E-state index contributed by atoms with van der Waals surface area (Å²) in [7, 11) is 0. The molecule has 234 valence electrons. The minimum atomic E-state index is -1.39. The van der Waals surface area contributed by atoms with Crippen LogP contribution in [0.15, 0.2) is 115 Å². The first kappa shape index (κ1) is 31.8. The van der Waals surface area contributed by atoms with Gasteiger partial charge < -0.3 is 26.2 Å². The monoisotopic (exact) mass is 622 g/mol. The van der Waals surface area contributed by atoms with Crippen molar-refractivity contribution in [3.05, 3.63) is 155 Å². The number of ketones is 1. The summed E-state index contributed by atoms with van der Waals surface area (Å²) in [4.78, 5) is 30.9. The van der Waals surface area contributed by atoms with Crippen molar-refractivity contribution in [1.29, 1.82) is 0 Å². The molecular formula is C36H32F2N4O4. The van der Waals surface area contributed by atoms with Gasteiger partial charge in [0.2, 0.25) is 0 Å². The summed E-state index contributed by atoms with van der Waals surface area (Å²) in [6, 6.07) is 28.2. The van der Waals surface area contributed by atoms with Crippen LogP contribution >= 0.6 is 0 Å². The first-order valence-corrected chi connectivity index (χ1v) is 14.5. The Morgan fingerprint density at radius 1 is 0.826 bits per heavy atom. The third-order valence-corrected chi connectivity index (χ3v) is 7.43. The Morgan fingerprint density at radius 3 is 2.22 bits per heavy atom. The van der Waals surface area contributed by atoms with Gasteiger partial charge in [0.25, 0.3) is 5.91 Å². The number of aliphatic hydroxyl groups excluding tert-OH is 1. The molecule has 5 rings (SSSR count). The largest absolute Gasteiger partial charge is 0.491 e. The topological polar surface area (TPSA) is 127 Å². The summed E-state index contributed by atoms with van der Waals surface area (Å²) < 4.78 is 33.3. The summed E-state index contributed by atoms with van der Waals surface area (Å²) in [5, 5.41) is 16.8. The molecule has 0 spiro atoms. The van der Waals surface area contributed by atoms with Crippen molar-refractivity contribution < 1.29 is 28.2 Å². The number of Topliss-reactive ketones (excluding diaryl/α,β-unsaturated/α-hetero) is 1. The molecule has 0 radical (unpaired) electrons. The number of amides is 1. The number of carbonyl (C=O) groups is 2. The van der Waals surface area contributed by atoms with Crippen molar-refractivity contribution in [2.45, 2.75) is 25.1 Å². The maximum Gasteiger partial charge on any atom is 0.255 e. The Labute approximate surface area is 264 Å². The van der Waals surface area contributed by atoms with Gasteiger partial charge >= 0.3 is 0 Å². The smallest absolute Gasteiger partial charge is 0.255 e. The van der Waals surface area contributed by atoms with Crippen LogP contribution in [-0.2, 0) is 0 Å². The second-order valence-electron chi connectivity index (χ2n) is 10.6. The molecule has 0 saturated heterocycles. The molecule has 8 nitrogen and oxygen atoms in total. The van der Waals surface area contributed by atoms with Gasteiger partial charge in [-0.1, -0.05) is 66.7 Å². The summed E-state index contributed by atoms with van der Waals surface area (Å²) in [6.45, 7) is 1.73. The van der Waals surface area contributed by atoms with Crippen LogP contribution < -0.4 is 21.1 Å². The van der Waals surface area contributed by atoms with E-state index < -0.39 is 41.5 Å². The molecule has 0 bridgehead atoms. The number of nitrogens with one attached hydrogen (secondary N) is 2. The molecule has 4 aromatic carbocycles. The third kappa shape index (κ3) is 7.54. The Balaban J connectivity index is 1.34. The molecule has 46 heavy (non-hydrogen) atoms. The lowest BCUT2D eigenvalue weighted by molar-refractivity contribution is 0.0748. The summed E-state index contributed by atoms with van der Waals surface area (Å²) in [6.07, 6.45) is 0.146. The van der Waals surface area contributed by atoms with Gasteiger partial charge in [-0.2, -0.15) is 0 Å². The number of nitrogen functional groups attached to an aromatic ring is 1. The van der Waals surface area contributed by atoms with Gasteiger partial charge in [0.05, 0.1) is 17.6 Å². The molecular weight excluding hydrogens is 590 g/mol. The number of hydrogen-bond acceptors (Lipinski definition) is 7. The molecule has 0 aliphatic heterocycles. The van der Waals surface area contributed by atoms with Crippen LogP contribution in [0.4, 0.5) is 20.3 Å². The highest BCUT2D eigenvalue weighted by molar-refractivity contribution is 6.04. The van der Waals surface area contributed by atoms with Crippen LogP contribution in [0.2, 0.25) is 0 Å². The molecule has 10 heteroatoms. The number of halogens is 2. The zero-order valence-electron chi connectivity index (χ0n) is 24.9. The van der Waals surface area contributed by atoms with E-state index in [9.17, 15) is 23.5 Å². The van der Waals surface area contributed by atoms with Gasteiger partial charge in [0.15, 0.2) is 17.4 Å². The third-order valence-electron chi connectivity index (χ3n) is 7.43. The predicted molar refractivity (Wildman–Crippen MR) is 171 cm³/mol. The number of hydrogen-bond donors (Lipinski definition) is 4. The molecule has 0 saturated carbocycles. The Morgan fingerprint density at radius 2 is 1.52 bits per heavy atom. The summed E-state index contributed by atoms with van der Waals surface area (Å²) >= 11 is 0. The molecule has 5 aromatic rings. The van der Waals surface area contributed by atoms with Gasteiger partial charge in [-0.3, -0.25) is 9.59 Å². The molecule has 1 unspecified atom stereocenters. The fourth-order valence-electron chi connectivity index (χ4n) is 4.87. The van der Waals surface area contributed by atoms with Crippen molar-refractivity contribution in [2.75, 3.05) is 17.7 Å². The van der Waals surface area contributed by atoms with Gasteiger partial charge in [0.1, 0.15) is 24.3 Å². The summed E-state index contributed by atoms with van der Waals surface area (Å²) in [5.41, 5.74) is 8.34. The lowest BCUT2D eigenvalue weighted by Crippen LogP contribution is -2.29. The minimum absolute atomic E-state index is 0.0612. The highest BCUT2D eigenvalue weighted by Gasteiger charge is 2.23. The van der Waals surface area contributed by atoms with Crippen molar-refractivity contribution in [3.63, 3.8) is 0 Å². The van der Waals surface area contributed by atoms with E-state index in [0.717, 1.165) is 17.7 Å². The van der Waals surface area contributed by atoms with Crippen LogP contribution in [0, 0.1) is 11.6 Å². The number of rotatable bonds is 12. The average Bonchev–Trinajstić information content (AvgIpc) is 3.08. The van der Waals surface area contributed by atoms with E-state index >= 15 is 0 Å². The zero-order chi connectivity index (χ0) is 32.6. The molecule has 0 aliphatic carbocycles. The Hall–Kier alpha value is -5.61. The fraction of sp³-hybridized carbons (Fsp3) is 0.139. The van der Waals surface area contributed by atoms with Gasteiger partial charge in [-0.15, -0.1) is 0 Å². The first-order valence-electron chi connectivity index (χ1n) is 14.5. The molecule has 5 N–H and O–H groups in total. The lowest BCUT2D eigenvalue weighted by atomic mass is 9.98. The standard InChI is InChI=1S/C36H32F2N4O4/c1-22(25-14-16-29(37)30(38)19-25)41-36(45)27-13-8-18-40-35(27)42-32(23-9-4-2-5-10-23)21-46-26-15-17-31(39)28(20-26)34(44)33(43)24-11-6-3-7-12-24/h2-20,22,32-33,43H,21,39H2,1H3,(H,40,42)(H,41,45)/t22-,32-,33?/m0/s1. The van der Waals surface area contributed by atoms with Crippen molar-refractivity contribution in [3.8, 4) is 5.75 Å². The SMILES string of the molecule is C[C@H](NC(=O)c1cccnc1N[C@@H](COc1ccc(N)c(C(=O)C(O)c2ccccc2)c1)c1ccccc1)c1ccc(F)c(F)c1. The second kappa shape index (κ2) is 14.4. The number of anilines is 2. The van der Waals surface area contributed by atoms with E-state index in [4.69, 9.17) is 10.5 Å². The molecule has 1 heterocycles. The molecule has 1 amide bonds. The number of benzene rings is 4. The highest BCUT2D eigenvalue weighted by Crippen LogP contribution is 2.28. The summed E-state index contributed by atoms with van der Waals surface area (Å²) in [5.74, 6) is -2.39. The van der Waals surface area contributed by atoms with E-state index in [1.807, 2.05) is 30.3 Å².